The second-order valence-corrected chi connectivity index (χ2v) is 6.90. The molecule has 4 N–H and O–H groups in total. The molecule has 0 radical (unpaired) electrons. The molecule has 0 aliphatic rings. The van der Waals surface area contributed by atoms with Crippen molar-refractivity contribution in [3.8, 4) is 5.75 Å². The summed E-state index contributed by atoms with van der Waals surface area (Å²) in [6, 6.07) is 5.13. The summed E-state index contributed by atoms with van der Waals surface area (Å²) in [5.41, 5.74) is 6.91. The Hall–Kier alpha value is -1.80. The SMILES string of the molecule is CCS(=O)(=O)CCNCc1cc(/C(N)=N/O)ccc1OC. The molecule has 0 heterocycles. The van der Waals surface area contributed by atoms with Crippen LogP contribution in [0.2, 0.25) is 0 Å². The summed E-state index contributed by atoms with van der Waals surface area (Å²) >= 11 is 0. The molecule has 0 aromatic heterocycles. The smallest absolute Gasteiger partial charge is 0.170 e. The fourth-order valence-electron chi connectivity index (χ4n) is 1.73. The third-order valence-corrected chi connectivity index (χ3v) is 4.73. The van der Waals surface area contributed by atoms with E-state index in [1.165, 1.54) is 0 Å². The van der Waals surface area contributed by atoms with Crippen molar-refractivity contribution < 1.29 is 18.4 Å². The van der Waals surface area contributed by atoms with Crippen molar-refractivity contribution in [3.05, 3.63) is 29.3 Å². The van der Waals surface area contributed by atoms with Gasteiger partial charge in [-0.3, -0.25) is 0 Å². The van der Waals surface area contributed by atoms with Gasteiger partial charge in [-0.15, -0.1) is 0 Å². The summed E-state index contributed by atoms with van der Waals surface area (Å²) < 4.78 is 28.0. The van der Waals surface area contributed by atoms with E-state index < -0.39 is 9.84 Å². The van der Waals surface area contributed by atoms with Gasteiger partial charge in [-0.05, 0) is 18.2 Å². The van der Waals surface area contributed by atoms with Crippen molar-refractivity contribution in [2.24, 2.45) is 10.9 Å². The van der Waals surface area contributed by atoms with E-state index in [1.54, 1.807) is 32.2 Å². The zero-order valence-electron chi connectivity index (χ0n) is 12.2. The highest BCUT2D eigenvalue weighted by atomic mass is 32.2. The van der Waals surface area contributed by atoms with Gasteiger partial charge in [-0.25, -0.2) is 8.42 Å². The van der Waals surface area contributed by atoms with Crippen molar-refractivity contribution >= 4 is 15.7 Å². The second kappa shape index (κ2) is 7.84. The molecule has 1 aromatic rings. The predicted molar refractivity (Wildman–Crippen MR) is 81.5 cm³/mol. The van der Waals surface area contributed by atoms with Crippen LogP contribution in [0, 0.1) is 0 Å². The first-order valence-corrected chi connectivity index (χ1v) is 8.31. The van der Waals surface area contributed by atoms with E-state index in [1.807, 2.05) is 0 Å². The minimum Gasteiger partial charge on any atom is -0.496 e. The van der Waals surface area contributed by atoms with Gasteiger partial charge in [0.05, 0.1) is 12.9 Å². The molecule has 1 aromatic carbocycles. The van der Waals surface area contributed by atoms with Crippen LogP contribution in [-0.4, -0.2) is 44.6 Å². The average molecular weight is 315 g/mol. The van der Waals surface area contributed by atoms with E-state index in [2.05, 4.69) is 10.5 Å². The molecule has 118 valence electrons. The Morgan fingerprint density at radius 3 is 2.76 bits per heavy atom. The van der Waals surface area contributed by atoms with Crippen LogP contribution in [0.15, 0.2) is 23.4 Å². The number of methoxy groups -OCH3 is 1. The third kappa shape index (κ3) is 5.24. The molecule has 0 unspecified atom stereocenters. The largest absolute Gasteiger partial charge is 0.496 e. The standard InChI is InChI=1S/C13H21N3O4S/c1-3-21(18,19)7-6-15-9-11-8-10(13(14)16-17)4-5-12(11)20-2/h4-5,8,15,17H,3,6-7,9H2,1-2H3,(H2,14,16). The summed E-state index contributed by atoms with van der Waals surface area (Å²) in [5.74, 6) is 0.880. The minimum absolute atomic E-state index is 0.00691. The molecule has 0 bridgehead atoms. The molecule has 7 nitrogen and oxygen atoms in total. The lowest BCUT2D eigenvalue weighted by Crippen LogP contribution is -2.24. The van der Waals surface area contributed by atoms with Gasteiger partial charge in [0.1, 0.15) is 5.75 Å². The number of hydrogen-bond donors (Lipinski definition) is 3. The van der Waals surface area contributed by atoms with E-state index in [9.17, 15) is 8.42 Å². The van der Waals surface area contributed by atoms with Gasteiger partial charge in [0.2, 0.25) is 0 Å². The highest BCUT2D eigenvalue weighted by Crippen LogP contribution is 2.19. The average Bonchev–Trinajstić information content (AvgIpc) is 2.50. The quantitative estimate of drug-likeness (QED) is 0.209. The first-order chi connectivity index (χ1) is 9.93. The van der Waals surface area contributed by atoms with E-state index >= 15 is 0 Å². The Kier molecular flexibility index (Phi) is 6.44. The van der Waals surface area contributed by atoms with Crippen LogP contribution in [0.4, 0.5) is 0 Å². The molecule has 0 aliphatic heterocycles. The maximum Gasteiger partial charge on any atom is 0.170 e. The van der Waals surface area contributed by atoms with E-state index in [4.69, 9.17) is 15.7 Å². The number of nitrogens with zero attached hydrogens (tertiary/aromatic N) is 1. The van der Waals surface area contributed by atoms with Crippen LogP contribution in [0.1, 0.15) is 18.1 Å². The summed E-state index contributed by atoms with van der Waals surface area (Å²) in [5, 5.41) is 14.7. The predicted octanol–water partition coefficient (Wildman–Crippen LogP) is 0.314. The van der Waals surface area contributed by atoms with Crippen molar-refractivity contribution in [2.75, 3.05) is 25.2 Å². The van der Waals surface area contributed by atoms with Crippen molar-refractivity contribution in [2.45, 2.75) is 13.5 Å². The number of oxime groups is 1. The van der Waals surface area contributed by atoms with Gasteiger partial charge in [0, 0.05) is 30.0 Å². The van der Waals surface area contributed by atoms with E-state index in [0.29, 0.717) is 24.4 Å². The Morgan fingerprint density at radius 1 is 1.48 bits per heavy atom. The lowest BCUT2D eigenvalue weighted by molar-refractivity contribution is 0.318. The van der Waals surface area contributed by atoms with Crippen molar-refractivity contribution in [1.82, 2.24) is 5.32 Å². The lowest BCUT2D eigenvalue weighted by Gasteiger charge is -2.11. The third-order valence-electron chi connectivity index (χ3n) is 3.03. The molecular weight excluding hydrogens is 294 g/mol. The van der Waals surface area contributed by atoms with Crippen molar-refractivity contribution in [1.29, 1.82) is 0 Å². The molecule has 0 fully saturated rings. The number of nitrogens with one attached hydrogen (secondary N) is 1. The van der Waals surface area contributed by atoms with Crippen LogP contribution in [0.5, 0.6) is 5.75 Å². The second-order valence-electron chi connectivity index (χ2n) is 4.43. The maximum absolute atomic E-state index is 11.4. The summed E-state index contributed by atoms with van der Waals surface area (Å²) in [7, 11) is -1.44. The molecular formula is C13H21N3O4S. The Balaban J connectivity index is 2.73. The van der Waals surface area contributed by atoms with E-state index in [0.717, 1.165) is 5.56 Å². The van der Waals surface area contributed by atoms with Gasteiger partial charge >= 0.3 is 0 Å². The van der Waals surface area contributed by atoms with Crippen LogP contribution in [0.3, 0.4) is 0 Å². The van der Waals surface area contributed by atoms with Gasteiger partial charge < -0.3 is 21.0 Å². The Bertz CT molecular complexity index is 599. The number of rotatable bonds is 8. The summed E-state index contributed by atoms with van der Waals surface area (Å²) in [6.45, 7) is 2.40. The molecule has 0 atom stereocenters. The fourth-order valence-corrected chi connectivity index (χ4v) is 2.47. The number of nitrogens with two attached hydrogens (primary N) is 1. The van der Waals surface area contributed by atoms with Crippen LogP contribution in [-0.2, 0) is 16.4 Å². The molecule has 1 rings (SSSR count). The molecule has 0 aliphatic carbocycles. The number of sulfone groups is 1. The monoisotopic (exact) mass is 315 g/mol. The molecule has 0 amide bonds. The molecule has 21 heavy (non-hydrogen) atoms. The molecule has 0 spiro atoms. The summed E-state index contributed by atoms with van der Waals surface area (Å²) in [4.78, 5) is 0. The Morgan fingerprint density at radius 2 is 2.19 bits per heavy atom. The number of benzene rings is 1. The topological polar surface area (TPSA) is 114 Å². The maximum atomic E-state index is 11.4. The van der Waals surface area contributed by atoms with Crippen LogP contribution in [0.25, 0.3) is 0 Å². The Labute approximate surface area is 124 Å². The zero-order valence-corrected chi connectivity index (χ0v) is 13.0. The first kappa shape index (κ1) is 17.3. The van der Waals surface area contributed by atoms with Gasteiger partial charge in [0.15, 0.2) is 15.7 Å². The first-order valence-electron chi connectivity index (χ1n) is 6.49. The molecule has 8 heteroatoms. The minimum atomic E-state index is -2.98. The highest BCUT2D eigenvalue weighted by molar-refractivity contribution is 7.91. The number of ether oxygens (including phenoxy) is 1. The lowest BCUT2D eigenvalue weighted by atomic mass is 10.1. The number of amidine groups is 1. The summed E-state index contributed by atoms with van der Waals surface area (Å²) in [6.07, 6.45) is 0. The normalized spacial score (nSPS) is 12.4. The highest BCUT2D eigenvalue weighted by Gasteiger charge is 2.09. The van der Waals surface area contributed by atoms with Gasteiger partial charge in [-0.2, -0.15) is 0 Å². The van der Waals surface area contributed by atoms with Crippen molar-refractivity contribution in [3.63, 3.8) is 0 Å². The van der Waals surface area contributed by atoms with Crippen LogP contribution < -0.4 is 15.8 Å². The van der Waals surface area contributed by atoms with E-state index in [-0.39, 0.29) is 17.3 Å². The number of hydrogen-bond acceptors (Lipinski definition) is 6. The fraction of sp³-hybridized carbons (Fsp3) is 0.462. The van der Waals surface area contributed by atoms with Gasteiger partial charge in [-0.1, -0.05) is 12.1 Å². The zero-order chi connectivity index (χ0) is 15.9. The van der Waals surface area contributed by atoms with Gasteiger partial charge in [0.25, 0.3) is 0 Å². The molecule has 0 saturated carbocycles. The molecule has 0 saturated heterocycles. The van der Waals surface area contributed by atoms with Crippen LogP contribution >= 0.6 is 0 Å².